The highest BCUT2D eigenvalue weighted by molar-refractivity contribution is 6.12. The Balaban J connectivity index is 0.0000000966. The van der Waals surface area contributed by atoms with Crippen LogP contribution in [0.3, 0.4) is 0 Å². The molecule has 696 valence electrons. The smallest absolute Gasteiger partial charge is 0.0713 e. The molecule has 0 unspecified atom stereocenters. The summed E-state index contributed by atoms with van der Waals surface area (Å²) in [6.07, 6.45) is 0. The van der Waals surface area contributed by atoms with Crippen LogP contribution in [0, 0.1) is 48.5 Å². The first-order valence-electron chi connectivity index (χ1n) is 50.6. The summed E-state index contributed by atoms with van der Waals surface area (Å²) < 4.78 is 7.04. The van der Waals surface area contributed by atoms with Crippen molar-refractivity contribution in [1.82, 2.24) is 13.7 Å². The van der Waals surface area contributed by atoms with Crippen molar-refractivity contribution in [2.45, 2.75) is 97.8 Å². The second-order valence-corrected chi connectivity index (χ2v) is 40.1. The van der Waals surface area contributed by atoms with Gasteiger partial charge < -0.3 is 13.7 Å². The Morgan fingerprint density at radius 2 is 0.438 bits per heavy atom. The maximum atomic E-state index is 2.36. The zero-order valence-corrected chi connectivity index (χ0v) is 83.8. The SMILES string of the molecule is Cc1ccc2c(c1)-c1ccccc1C2(C)C.Cc1ccc2c(c1)-c1ccccc1C2(c1ccccc1)c1ccccc1.Cc1ccc2c(c1)c1ccccc1n2-c1ccccc1.Cc1ccc2c3ccccc3n(-c3ccccc3)c2c1.Cc1cccc2c1-c1ccccc1C2(C)C.Cc1cccc2c1-c1ccccc1C2(c1ccccc1)c1ccccc1.Cc1cccc2c3ccccc3n(-c3ccccc3)c12. The van der Waals surface area contributed by atoms with E-state index in [0.29, 0.717) is 0 Å². The fourth-order valence-corrected chi connectivity index (χ4v) is 23.9. The van der Waals surface area contributed by atoms with Crippen molar-refractivity contribution in [3.63, 3.8) is 0 Å². The molecule has 3 nitrogen and oxygen atoms in total. The van der Waals surface area contributed by atoms with Crippen molar-refractivity contribution >= 4 is 65.4 Å². The predicted octanol–water partition coefficient (Wildman–Crippen LogP) is 36.6. The molecule has 4 aliphatic rings. The summed E-state index contributed by atoms with van der Waals surface area (Å²) in [4.78, 5) is 0. The molecule has 3 heteroatoms. The average molecular weight is 1850 g/mol. The summed E-state index contributed by atoms with van der Waals surface area (Å²) >= 11 is 0. The van der Waals surface area contributed by atoms with E-state index in [4.69, 9.17) is 0 Å². The third-order valence-corrected chi connectivity index (χ3v) is 30.5. The summed E-state index contributed by atoms with van der Waals surface area (Å²) in [6, 6.07) is 183. The highest BCUT2D eigenvalue weighted by Crippen LogP contribution is 2.59. The van der Waals surface area contributed by atoms with Crippen LogP contribution in [0.5, 0.6) is 0 Å². The van der Waals surface area contributed by atoms with Crippen LogP contribution in [0.2, 0.25) is 0 Å². The molecule has 0 radical (unpaired) electrons. The molecule has 3 aromatic heterocycles. The van der Waals surface area contributed by atoms with Gasteiger partial charge in [-0.3, -0.25) is 0 Å². The number of aromatic nitrogens is 3. The minimum absolute atomic E-state index is 0.151. The van der Waals surface area contributed by atoms with E-state index in [0.717, 1.165) is 0 Å². The normalized spacial score (nSPS) is 13.2. The molecule has 0 atom stereocenters. The van der Waals surface area contributed by atoms with Crippen LogP contribution >= 0.6 is 0 Å². The molecule has 0 spiro atoms. The number of para-hydroxylation sites is 7. The lowest BCUT2D eigenvalue weighted by Crippen LogP contribution is -2.28. The van der Waals surface area contributed by atoms with E-state index in [2.05, 4.69) is 599 Å². The Kier molecular flexibility index (Phi) is 24.7. The number of rotatable bonds is 7. The van der Waals surface area contributed by atoms with Crippen LogP contribution in [0.25, 0.3) is 127 Å². The van der Waals surface area contributed by atoms with Gasteiger partial charge >= 0.3 is 0 Å². The maximum absolute atomic E-state index is 2.36. The lowest BCUT2D eigenvalue weighted by molar-refractivity contribution is 0.660. The average Bonchev–Trinajstić information content (AvgIpc) is 1.52. The first-order chi connectivity index (χ1) is 70.4. The standard InChI is InChI=1S/2C26H20.3C19H15N.2C16H16/c1-19-11-10-18-24-25(19)22-16-8-9-17-23(22)26(24,20-12-4-2-5-13-20)21-14-6-3-7-15-21;1-19-16-17-25-23(18-19)22-14-8-9-15-24(22)26(25,20-10-4-2-5-11-20)21-12-6-3-7-13-21;1-14-8-7-12-17-16-11-5-6-13-18(16)20(19(14)17)15-9-3-2-4-10-15;1-14-11-12-19-17(13-14)16-9-5-6-10-18(16)20(19)15-7-3-2-4-8-15;1-14-11-12-17-16-9-5-6-10-18(16)20(19(17)13-14)15-7-3-2-4-8-15;1-11-7-6-10-14-15(11)12-8-4-5-9-13(12)16(14,2)3;1-11-8-9-15-13(10-11)12-6-4-5-7-14(12)16(15,2)3/h2*2-18H,1H3;3*2-13H,1H3;2*4-10H,1-3H3. The summed E-state index contributed by atoms with van der Waals surface area (Å²) in [5.74, 6) is 0. The molecular formula is C141H117N3. The van der Waals surface area contributed by atoms with Gasteiger partial charge in [-0.05, 0) is 255 Å². The van der Waals surface area contributed by atoms with E-state index in [1.807, 2.05) is 0 Å². The van der Waals surface area contributed by atoms with Crippen molar-refractivity contribution in [3.8, 4) is 61.6 Å². The molecule has 28 rings (SSSR count). The zero-order valence-electron chi connectivity index (χ0n) is 83.8. The molecule has 144 heavy (non-hydrogen) atoms. The molecule has 3 heterocycles. The van der Waals surface area contributed by atoms with Crippen LogP contribution in [0.4, 0.5) is 0 Å². The third-order valence-electron chi connectivity index (χ3n) is 30.5. The maximum Gasteiger partial charge on any atom is 0.0713 e. The molecule has 0 aliphatic heterocycles. The quantitative estimate of drug-likeness (QED) is 0.151. The van der Waals surface area contributed by atoms with Gasteiger partial charge in [0.1, 0.15) is 0 Å². The van der Waals surface area contributed by atoms with Gasteiger partial charge in [0.25, 0.3) is 0 Å². The fourth-order valence-electron chi connectivity index (χ4n) is 23.9. The Labute approximate surface area is 847 Å². The number of hydrogen-bond acceptors (Lipinski definition) is 0. The highest BCUT2D eigenvalue weighted by Gasteiger charge is 2.48. The van der Waals surface area contributed by atoms with Gasteiger partial charge in [-0.2, -0.15) is 0 Å². The largest absolute Gasteiger partial charge is 0.309 e. The van der Waals surface area contributed by atoms with Gasteiger partial charge in [-0.1, -0.05) is 481 Å². The van der Waals surface area contributed by atoms with Gasteiger partial charge in [-0.25, -0.2) is 0 Å². The first-order valence-corrected chi connectivity index (χ1v) is 50.6. The Hall–Kier alpha value is -17.0. The number of aryl methyl sites for hydroxylation is 7. The number of benzene rings is 21. The number of hydrogen-bond donors (Lipinski definition) is 0. The van der Waals surface area contributed by atoms with Gasteiger partial charge in [0, 0.05) is 60.2 Å². The van der Waals surface area contributed by atoms with Crippen LogP contribution in [-0.2, 0) is 21.7 Å². The second kappa shape index (κ2) is 38.6. The van der Waals surface area contributed by atoms with E-state index in [9.17, 15) is 0 Å². The lowest BCUT2D eigenvalue weighted by atomic mass is 9.67. The minimum Gasteiger partial charge on any atom is -0.309 e. The first kappa shape index (κ1) is 92.1. The molecule has 0 saturated heterocycles. The number of nitrogens with zero attached hydrogens (tertiary/aromatic N) is 3. The van der Waals surface area contributed by atoms with Crippen LogP contribution < -0.4 is 0 Å². The topological polar surface area (TPSA) is 14.8 Å². The van der Waals surface area contributed by atoms with Crippen molar-refractivity contribution in [2.75, 3.05) is 0 Å². The molecular weight excluding hydrogens is 1740 g/mol. The number of fused-ring (bicyclic) bond motifs is 21. The van der Waals surface area contributed by atoms with E-state index < -0.39 is 0 Å². The molecule has 4 aliphatic carbocycles. The lowest BCUT2D eigenvalue weighted by Gasteiger charge is -2.33. The predicted molar refractivity (Wildman–Crippen MR) is 611 cm³/mol. The fraction of sp³-hybridized carbons (Fsp3) is 0.106. The molecule has 0 bridgehead atoms. The summed E-state index contributed by atoms with van der Waals surface area (Å²) in [7, 11) is 0. The molecule has 24 aromatic rings. The van der Waals surface area contributed by atoms with Gasteiger partial charge in [-0.15, -0.1) is 0 Å². The van der Waals surface area contributed by atoms with E-state index >= 15 is 0 Å². The van der Waals surface area contributed by atoms with Crippen molar-refractivity contribution < 1.29 is 0 Å². The Bertz CT molecular complexity index is 8760. The van der Waals surface area contributed by atoms with E-state index in [1.54, 1.807) is 0 Å². The van der Waals surface area contributed by atoms with Crippen molar-refractivity contribution in [3.05, 3.63) is 615 Å². The second-order valence-electron chi connectivity index (χ2n) is 40.1. The molecule has 0 saturated carbocycles. The highest BCUT2D eigenvalue weighted by atomic mass is 15.0. The molecule has 21 aromatic carbocycles. The van der Waals surface area contributed by atoms with Gasteiger partial charge in [0.15, 0.2) is 0 Å². The Morgan fingerprint density at radius 3 is 0.951 bits per heavy atom. The van der Waals surface area contributed by atoms with Crippen molar-refractivity contribution in [2.24, 2.45) is 0 Å². The zero-order chi connectivity index (χ0) is 98.4. The van der Waals surface area contributed by atoms with E-state index in [1.165, 1.54) is 233 Å². The summed E-state index contributed by atoms with van der Waals surface area (Å²) in [6.45, 7) is 24.5. The van der Waals surface area contributed by atoms with Gasteiger partial charge in [0.05, 0.1) is 43.9 Å². The van der Waals surface area contributed by atoms with Crippen molar-refractivity contribution in [1.29, 1.82) is 0 Å². The monoisotopic (exact) mass is 1850 g/mol. The third kappa shape index (κ3) is 16.1. The van der Waals surface area contributed by atoms with Crippen LogP contribution in [0.1, 0.15) is 133 Å². The summed E-state index contributed by atoms with van der Waals surface area (Å²) in [5, 5.41) is 7.90. The molecule has 0 amide bonds. The minimum atomic E-state index is -0.263. The molecule has 0 fully saturated rings. The van der Waals surface area contributed by atoms with Crippen LogP contribution in [-0.4, -0.2) is 13.7 Å². The summed E-state index contributed by atoms with van der Waals surface area (Å²) in [5.41, 5.74) is 48.1. The molecule has 0 N–H and O–H groups in total. The van der Waals surface area contributed by atoms with Gasteiger partial charge in [0.2, 0.25) is 0 Å². The van der Waals surface area contributed by atoms with E-state index in [-0.39, 0.29) is 21.7 Å². The van der Waals surface area contributed by atoms with Crippen LogP contribution in [0.15, 0.2) is 510 Å². The Morgan fingerprint density at radius 1 is 0.160 bits per heavy atom.